The minimum atomic E-state index is 1.31. The first-order chi connectivity index (χ1) is 25.9. The van der Waals surface area contributed by atoms with Gasteiger partial charge in [-0.2, -0.15) is 0 Å². The fraction of sp³-hybridized carbons (Fsp3) is 0. The lowest BCUT2D eigenvalue weighted by atomic mass is 10.1. The number of benzene rings is 10. The van der Waals surface area contributed by atoms with Gasteiger partial charge in [-0.15, -0.1) is 0 Å². The lowest BCUT2D eigenvalue weighted by molar-refractivity contribution is 1.72. The van der Waals surface area contributed by atoms with E-state index in [4.69, 9.17) is 0 Å². The molecule has 0 saturated carbocycles. The number of hydrogen-bond donors (Lipinski definition) is 0. The Kier molecular flexibility index (Phi) is 15.5. The van der Waals surface area contributed by atoms with Crippen LogP contribution in [0.1, 0.15) is 0 Å². The molecule has 0 nitrogen and oxygen atoms in total. The van der Waals surface area contributed by atoms with Crippen LogP contribution in [0.3, 0.4) is 0 Å². The molecule has 10 rings (SSSR count). The van der Waals surface area contributed by atoms with Crippen LogP contribution in [0.2, 0.25) is 0 Å². The summed E-state index contributed by atoms with van der Waals surface area (Å²) in [5.74, 6) is 0. The second kappa shape index (κ2) is 22.1. The molecule has 0 saturated heterocycles. The Morgan fingerprint density at radius 1 is 0.0962 bits per heavy atom. The van der Waals surface area contributed by atoms with Crippen molar-refractivity contribution in [3.63, 3.8) is 0 Å². The average Bonchev–Trinajstić information content (AvgIpc) is 3.26. The van der Waals surface area contributed by atoms with Gasteiger partial charge in [-0.3, -0.25) is 0 Å². The van der Waals surface area contributed by atoms with Gasteiger partial charge < -0.3 is 0 Å². The molecule has 252 valence electrons. The molecule has 0 heterocycles. The fourth-order valence-electron chi connectivity index (χ4n) is 5.30. The molecule has 10 aromatic carbocycles. The van der Waals surface area contributed by atoms with Crippen molar-refractivity contribution in [2.45, 2.75) is 0 Å². The summed E-state index contributed by atoms with van der Waals surface area (Å²) in [6.07, 6.45) is 0. The van der Waals surface area contributed by atoms with Crippen molar-refractivity contribution in [2.75, 3.05) is 0 Å². The van der Waals surface area contributed by atoms with E-state index in [2.05, 4.69) is 194 Å². The van der Waals surface area contributed by atoms with E-state index in [-0.39, 0.29) is 0 Å². The van der Waals surface area contributed by atoms with Crippen molar-refractivity contribution in [3.05, 3.63) is 267 Å². The molecule has 0 fully saturated rings. The van der Waals surface area contributed by atoms with E-state index in [0.717, 1.165) is 0 Å². The molecule has 0 atom stereocenters. The summed E-state index contributed by atoms with van der Waals surface area (Å²) in [5, 5.41) is 10.5. The highest BCUT2D eigenvalue weighted by molar-refractivity contribution is 5.84. The maximum Gasteiger partial charge on any atom is -0.0184 e. The summed E-state index contributed by atoms with van der Waals surface area (Å²) in [4.78, 5) is 0. The van der Waals surface area contributed by atoms with Crippen LogP contribution in [0.15, 0.2) is 267 Å². The van der Waals surface area contributed by atoms with Crippen molar-refractivity contribution < 1.29 is 0 Å². The lowest BCUT2D eigenvalue weighted by Gasteiger charge is -1.92. The van der Waals surface area contributed by atoms with Crippen LogP contribution in [-0.4, -0.2) is 0 Å². The van der Waals surface area contributed by atoms with Crippen LogP contribution in [-0.2, 0) is 0 Å². The Hall–Kier alpha value is -6.76. The molecule has 0 aliphatic heterocycles. The molecule has 52 heavy (non-hydrogen) atoms. The predicted molar refractivity (Wildman–Crippen MR) is 229 cm³/mol. The smallest absolute Gasteiger partial charge is 0.0184 e. The first-order valence-corrected chi connectivity index (χ1v) is 17.6. The van der Waals surface area contributed by atoms with E-state index < -0.39 is 0 Å². The van der Waals surface area contributed by atoms with Gasteiger partial charge in [0.15, 0.2) is 0 Å². The zero-order valence-electron chi connectivity index (χ0n) is 29.4. The van der Waals surface area contributed by atoms with Crippen molar-refractivity contribution in [1.29, 1.82) is 0 Å². The number of fused-ring (bicyclic) bond motifs is 4. The Balaban J connectivity index is 0.000000122. The summed E-state index contributed by atoms with van der Waals surface area (Å²) >= 11 is 0. The third kappa shape index (κ3) is 12.9. The van der Waals surface area contributed by atoms with Crippen molar-refractivity contribution in [3.8, 4) is 0 Å². The SMILES string of the molecule is c1ccc2ccccc2c1.c1ccc2ccccc2c1.c1ccc2ccccc2c1.c1ccc2ccccc2c1.c1ccccc1.c1ccccc1. The summed E-state index contributed by atoms with van der Waals surface area (Å²) in [7, 11) is 0. The third-order valence-electron chi connectivity index (χ3n) is 7.97. The van der Waals surface area contributed by atoms with Gasteiger partial charge in [0.1, 0.15) is 0 Å². The van der Waals surface area contributed by atoms with Crippen LogP contribution in [0.4, 0.5) is 0 Å². The van der Waals surface area contributed by atoms with Gasteiger partial charge >= 0.3 is 0 Å². The van der Waals surface area contributed by atoms with Crippen molar-refractivity contribution in [1.82, 2.24) is 0 Å². The van der Waals surface area contributed by atoms with Crippen molar-refractivity contribution in [2.24, 2.45) is 0 Å². The second-order valence-electron chi connectivity index (χ2n) is 11.7. The highest BCUT2D eigenvalue weighted by atomic mass is 13.9. The lowest BCUT2D eigenvalue weighted by Crippen LogP contribution is -1.67. The van der Waals surface area contributed by atoms with E-state index in [1.807, 2.05) is 72.8 Å². The largest absolute Gasteiger partial charge is 0.0623 e. The van der Waals surface area contributed by atoms with E-state index in [9.17, 15) is 0 Å². The average molecular weight is 669 g/mol. The van der Waals surface area contributed by atoms with E-state index in [1.165, 1.54) is 43.1 Å². The van der Waals surface area contributed by atoms with E-state index in [1.54, 1.807) is 0 Å². The Morgan fingerprint density at radius 3 is 0.250 bits per heavy atom. The standard InChI is InChI=1S/4C10H8.2C6H6/c4*1-2-6-10-8-4-3-7-9(10)5-1;2*1-2-4-6-5-3-1/h4*1-8H;2*1-6H. The Labute approximate surface area is 308 Å². The first kappa shape index (κ1) is 36.5. The molecule has 10 aromatic rings. The number of hydrogen-bond acceptors (Lipinski definition) is 0. The molecular weight excluding hydrogens is 625 g/mol. The van der Waals surface area contributed by atoms with Crippen molar-refractivity contribution >= 4 is 43.1 Å². The molecule has 0 amide bonds. The first-order valence-electron chi connectivity index (χ1n) is 17.6. The normalized spacial score (nSPS) is 9.54. The van der Waals surface area contributed by atoms with Gasteiger partial charge in [-0.1, -0.05) is 267 Å². The summed E-state index contributed by atoms with van der Waals surface area (Å²) in [6.45, 7) is 0. The van der Waals surface area contributed by atoms with E-state index in [0.29, 0.717) is 0 Å². The summed E-state index contributed by atoms with van der Waals surface area (Å²) in [5.41, 5.74) is 0. The second-order valence-corrected chi connectivity index (χ2v) is 11.7. The molecule has 0 N–H and O–H groups in total. The molecule has 0 spiro atoms. The zero-order chi connectivity index (χ0) is 35.7. The maximum atomic E-state index is 2.12. The quantitative estimate of drug-likeness (QED) is 0.151. The summed E-state index contributed by atoms with van der Waals surface area (Å²) < 4.78 is 0. The molecule has 0 aliphatic carbocycles. The molecule has 0 bridgehead atoms. The van der Waals surface area contributed by atoms with Gasteiger partial charge in [-0.25, -0.2) is 0 Å². The van der Waals surface area contributed by atoms with Crippen LogP contribution in [0.25, 0.3) is 43.1 Å². The highest BCUT2D eigenvalue weighted by Crippen LogP contribution is 2.13. The summed E-state index contributed by atoms with van der Waals surface area (Å²) in [6, 6.07) is 90.9. The molecule has 0 unspecified atom stereocenters. The topological polar surface area (TPSA) is 0 Å². The monoisotopic (exact) mass is 668 g/mol. The molecule has 0 radical (unpaired) electrons. The van der Waals surface area contributed by atoms with Gasteiger partial charge in [0, 0.05) is 0 Å². The highest BCUT2D eigenvalue weighted by Gasteiger charge is 1.88. The van der Waals surface area contributed by atoms with Gasteiger partial charge in [0.2, 0.25) is 0 Å². The Morgan fingerprint density at radius 2 is 0.173 bits per heavy atom. The fourth-order valence-corrected chi connectivity index (χ4v) is 5.30. The van der Waals surface area contributed by atoms with Crippen LogP contribution >= 0.6 is 0 Å². The van der Waals surface area contributed by atoms with Crippen LogP contribution in [0.5, 0.6) is 0 Å². The molecule has 0 heteroatoms. The third-order valence-corrected chi connectivity index (χ3v) is 7.97. The van der Waals surface area contributed by atoms with Crippen LogP contribution < -0.4 is 0 Å². The molecule has 0 aromatic heterocycles. The molecule has 0 aliphatic rings. The van der Waals surface area contributed by atoms with Gasteiger partial charge in [-0.05, 0) is 43.1 Å². The van der Waals surface area contributed by atoms with Gasteiger partial charge in [0.25, 0.3) is 0 Å². The van der Waals surface area contributed by atoms with E-state index >= 15 is 0 Å². The van der Waals surface area contributed by atoms with Gasteiger partial charge in [0.05, 0.1) is 0 Å². The Bertz CT molecular complexity index is 1780. The predicted octanol–water partition coefficient (Wildman–Crippen LogP) is 14.7. The zero-order valence-corrected chi connectivity index (χ0v) is 29.4. The maximum absolute atomic E-state index is 2.12. The minimum Gasteiger partial charge on any atom is -0.0623 e. The minimum absolute atomic E-state index is 1.31. The van der Waals surface area contributed by atoms with Crippen LogP contribution in [0, 0.1) is 0 Å². The number of rotatable bonds is 0. The molecular formula is C52H44.